The van der Waals surface area contributed by atoms with Crippen molar-refractivity contribution in [3.8, 4) is 0 Å². The summed E-state index contributed by atoms with van der Waals surface area (Å²) in [5.74, 6) is -0.911. The number of unbranched alkanes of at least 4 members (excludes halogenated alkanes) is 1. The van der Waals surface area contributed by atoms with Gasteiger partial charge < -0.3 is 26.2 Å². The highest BCUT2D eigenvalue weighted by atomic mass is 16.4. The standard InChI is InChI=1S/C13H25BN2O4/c15-13(12(17)18,5-1-2-6-14(19)20)9-7-10-3-4-11(8-9)16-10/h9-11,16,19-20H,1-8,15H2,(H,17,18). The predicted octanol–water partition coefficient (Wildman–Crippen LogP) is -0.0578. The van der Waals surface area contributed by atoms with E-state index >= 15 is 0 Å². The maximum atomic E-state index is 11.6. The summed E-state index contributed by atoms with van der Waals surface area (Å²) in [6, 6.07) is 0.834. The topological polar surface area (TPSA) is 116 Å². The molecule has 0 aromatic rings. The van der Waals surface area contributed by atoms with Gasteiger partial charge in [-0.05, 0) is 44.3 Å². The molecule has 3 unspecified atom stereocenters. The maximum absolute atomic E-state index is 11.6. The summed E-state index contributed by atoms with van der Waals surface area (Å²) < 4.78 is 0. The molecule has 2 saturated heterocycles. The van der Waals surface area contributed by atoms with Crippen LogP contribution in [0.3, 0.4) is 0 Å². The number of rotatable bonds is 7. The second kappa shape index (κ2) is 6.43. The molecular weight excluding hydrogens is 259 g/mol. The van der Waals surface area contributed by atoms with Crippen LogP contribution in [0.2, 0.25) is 6.32 Å². The molecule has 2 aliphatic rings. The van der Waals surface area contributed by atoms with E-state index in [2.05, 4.69) is 5.32 Å². The van der Waals surface area contributed by atoms with Gasteiger partial charge >= 0.3 is 13.1 Å². The van der Waals surface area contributed by atoms with Gasteiger partial charge in [0.15, 0.2) is 0 Å². The predicted molar refractivity (Wildman–Crippen MR) is 76.1 cm³/mol. The van der Waals surface area contributed by atoms with Crippen LogP contribution in [0.5, 0.6) is 0 Å². The Morgan fingerprint density at radius 2 is 1.85 bits per heavy atom. The van der Waals surface area contributed by atoms with Crippen LogP contribution in [0, 0.1) is 5.92 Å². The molecule has 0 aromatic heterocycles. The van der Waals surface area contributed by atoms with E-state index in [9.17, 15) is 9.90 Å². The fraction of sp³-hybridized carbons (Fsp3) is 0.923. The van der Waals surface area contributed by atoms with Gasteiger partial charge in [0.25, 0.3) is 0 Å². The fourth-order valence-corrected chi connectivity index (χ4v) is 3.71. The van der Waals surface area contributed by atoms with E-state index in [1.54, 1.807) is 0 Å². The van der Waals surface area contributed by atoms with E-state index in [0.717, 1.165) is 25.7 Å². The average molecular weight is 284 g/mol. The lowest BCUT2D eigenvalue weighted by atomic mass is 9.73. The van der Waals surface area contributed by atoms with Crippen LogP contribution < -0.4 is 11.1 Å². The molecule has 2 rings (SSSR count). The molecule has 0 aliphatic carbocycles. The normalized spacial score (nSPS) is 31.9. The van der Waals surface area contributed by atoms with E-state index in [0.29, 0.717) is 31.3 Å². The molecule has 3 atom stereocenters. The van der Waals surface area contributed by atoms with Crippen molar-refractivity contribution in [3.63, 3.8) is 0 Å². The Hall–Kier alpha value is -0.625. The van der Waals surface area contributed by atoms with E-state index in [4.69, 9.17) is 15.8 Å². The first-order valence-corrected chi connectivity index (χ1v) is 7.56. The quantitative estimate of drug-likeness (QED) is 0.330. The van der Waals surface area contributed by atoms with Gasteiger partial charge in [0.1, 0.15) is 5.54 Å². The summed E-state index contributed by atoms with van der Waals surface area (Å²) >= 11 is 0. The second-order valence-corrected chi connectivity index (χ2v) is 6.38. The Balaban J connectivity index is 1.92. The number of fused-ring (bicyclic) bond motifs is 2. The SMILES string of the molecule is NC(CCCCB(O)O)(C(=O)O)C1CC2CCC(C1)N2. The summed E-state index contributed by atoms with van der Waals surface area (Å²) in [4.78, 5) is 11.6. The van der Waals surface area contributed by atoms with Gasteiger partial charge in [0, 0.05) is 12.1 Å². The molecule has 2 aliphatic heterocycles. The monoisotopic (exact) mass is 284 g/mol. The molecule has 0 saturated carbocycles. The van der Waals surface area contributed by atoms with Gasteiger partial charge in [-0.1, -0.05) is 12.8 Å². The van der Waals surface area contributed by atoms with Crippen molar-refractivity contribution < 1.29 is 19.9 Å². The van der Waals surface area contributed by atoms with Crippen LogP contribution in [-0.2, 0) is 4.79 Å². The molecule has 6 N–H and O–H groups in total. The maximum Gasteiger partial charge on any atom is 0.451 e. The van der Waals surface area contributed by atoms with Crippen LogP contribution in [-0.4, -0.2) is 45.9 Å². The molecule has 2 fully saturated rings. The minimum absolute atomic E-state index is 0.0119. The average Bonchev–Trinajstić information content (AvgIpc) is 2.72. The molecule has 114 valence electrons. The van der Waals surface area contributed by atoms with Crippen LogP contribution in [0.15, 0.2) is 0 Å². The van der Waals surface area contributed by atoms with Gasteiger partial charge in [-0.25, -0.2) is 0 Å². The summed E-state index contributed by atoms with van der Waals surface area (Å²) in [5, 5.41) is 30.7. The highest BCUT2D eigenvalue weighted by molar-refractivity contribution is 6.40. The Bertz CT molecular complexity index is 343. The van der Waals surface area contributed by atoms with E-state index < -0.39 is 18.6 Å². The lowest BCUT2D eigenvalue weighted by Crippen LogP contribution is -2.58. The number of carboxylic acid groups (broad SMARTS) is 1. The van der Waals surface area contributed by atoms with E-state index in [-0.39, 0.29) is 12.2 Å². The molecule has 0 amide bonds. The summed E-state index contributed by atoms with van der Waals surface area (Å²) in [7, 11) is -1.32. The van der Waals surface area contributed by atoms with Crippen molar-refractivity contribution in [1.82, 2.24) is 5.32 Å². The zero-order valence-electron chi connectivity index (χ0n) is 11.8. The van der Waals surface area contributed by atoms with E-state index in [1.807, 2.05) is 0 Å². The minimum Gasteiger partial charge on any atom is -0.480 e. The molecule has 20 heavy (non-hydrogen) atoms. The van der Waals surface area contributed by atoms with Gasteiger partial charge in [-0.3, -0.25) is 4.79 Å². The van der Waals surface area contributed by atoms with Crippen molar-refractivity contribution in [2.24, 2.45) is 11.7 Å². The fourth-order valence-electron chi connectivity index (χ4n) is 3.71. The first kappa shape index (κ1) is 15.8. The van der Waals surface area contributed by atoms with Crippen molar-refractivity contribution in [2.45, 2.75) is 68.9 Å². The van der Waals surface area contributed by atoms with Crippen LogP contribution in [0.4, 0.5) is 0 Å². The number of nitrogens with two attached hydrogens (primary N) is 1. The number of carbonyl (C=O) groups is 1. The summed E-state index contributed by atoms with van der Waals surface area (Å²) in [5.41, 5.74) is 5.06. The molecule has 7 heteroatoms. The number of hydrogen-bond donors (Lipinski definition) is 5. The third kappa shape index (κ3) is 3.52. The summed E-state index contributed by atoms with van der Waals surface area (Å²) in [6.07, 6.45) is 5.78. The number of hydrogen-bond acceptors (Lipinski definition) is 5. The first-order chi connectivity index (χ1) is 9.41. The molecule has 2 bridgehead atoms. The third-order valence-electron chi connectivity index (χ3n) is 4.90. The Morgan fingerprint density at radius 3 is 2.35 bits per heavy atom. The summed E-state index contributed by atoms with van der Waals surface area (Å²) in [6.45, 7) is 0. The highest BCUT2D eigenvalue weighted by Crippen LogP contribution is 2.38. The molecule has 2 heterocycles. The Morgan fingerprint density at radius 1 is 1.25 bits per heavy atom. The number of aliphatic carboxylic acids is 1. The van der Waals surface area contributed by atoms with Crippen molar-refractivity contribution >= 4 is 13.1 Å². The smallest absolute Gasteiger partial charge is 0.451 e. The molecule has 0 aromatic carbocycles. The van der Waals surface area contributed by atoms with Crippen molar-refractivity contribution in [3.05, 3.63) is 0 Å². The lowest BCUT2D eigenvalue weighted by Gasteiger charge is -2.39. The molecule has 0 radical (unpaired) electrons. The largest absolute Gasteiger partial charge is 0.480 e. The van der Waals surface area contributed by atoms with Crippen LogP contribution in [0.1, 0.15) is 44.9 Å². The number of nitrogens with one attached hydrogen (secondary N) is 1. The Labute approximate surface area is 119 Å². The lowest BCUT2D eigenvalue weighted by molar-refractivity contribution is -0.146. The minimum atomic E-state index is -1.32. The second-order valence-electron chi connectivity index (χ2n) is 6.38. The van der Waals surface area contributed by atoms with Gasteiger partial charge in [0.2, 0.25) is 0 Å². The van der Waals surface area contributed by atoms with Crippen molar-refractivity contribution in [1.29, 1.82) is 0 Å². The zero-order chi connectivity index (χ0) is 14.8. The van der Waals surface area contributed by atoms with Gasteiger partial charge in [-0.15, -0.1) is 0 Å². The first-order valence-electron chi connectivity index (χ1n) is 7.56. The Kier molecular flexibility index (Phi) is 5.07. The number of piperidine rings is 1. The molecule has 0 spiro atoms. The van der Waals surface area contributed by atoms with Crippen molar-refractivity contribution in [2.75, 3.05) is 0 Å². The third-order valence-corrected chi connectivity index (χ3v) is 4.90. The van der Waals surface area contributed by atoms with Gasteiger partial charge in [-0.2, -0.15) is 0 Å². The van der Waals surface area contributed by atoms with Gasteiger partial charge in [0.05, 0.1) is 0 Å². The molecule has 6 nitrogen and oxygen atoms in total. The van der Waals surface area contributed by atoms with Crippen LogP contribution in [0.25, 0.3) is 0 Å². The zero-order valence-corrected chi connectivity index (χ0v) is 11.8. The van der Waals surface area contributed by atoms with E-state index in [1.165, 1.54) is 0 Å². The van der Waals surface area contributed by atoms with Crippen LogP contribution >= 0.6 is 0 Å². The molecular formula is C13H25BN2O4. The number of carboxylic acids is 1. The highest BCUT2D eigenvalue weighted by Gasteiger charge is 2.47.